The second-order valence-electron chi connectivity index (χ2n) is 12.8. The Morgan fingerprint density at radius 1 is 0.827 bits per heavy atom. The van der Waals surface area contributed by atoms with Crippen LogP contribution >= 0.6 is 0 Å². The Bertz CT molecular complexity index is 1690. The lowest BCUT2D eigenvalue weighted by Gasteiger charge is -2.43. The van der Waals surface area contributed by atoms with Crippen molar-refractivity contribution in [3.05, 3.63) is 102 Å². The number of ether oxygens (including phenoxy) is 5. The van der Waals surface area contributed by atoms with Crippen LogP contribution in [0.5, 0.6) is 17.2 Å². The van der Waals surface area contributed by atoms with Gasteiger partial charge in [0.2, 0.25) is 5.91 Å². The monoisotopic (exact) mass is 718 g/mol. The Morgan fingerprint density at radius 2 is 1.60 bits per heavy atom. The Kier molecular flexibility index (Phi) is 15.1. The number of rotatable bonds is 20. The molecule has 4 aromatic rings. The van der Waals surface area contributed by atoms with Gasteiger partial charge in [-0.05, 0) is 59.7 Å². The van der Waals surface area contributed by atoms with Gasteiger partial charge in [-0.2, -0.15) is 0 Å². The Morgan fingerprint density at radius 3 is 2.37 bits per heavy atom. The topological polar surface area (TPSA) is 140 Å². The Labute approximate surface area is 304 Å². The van der Waals surface area contributed by atoms with Crippen molar-refractivity contribution in [2.45, 2.75) is 50.9 Å². The summed E-state index contributed by atoms with van der Waals surface area (Å²) in [7, 11) is 3.30. The van der Waals surface area contributed by atoms with Gasteiger partial charge in [0.1, 0.15) is 17.2 Å². The molecule has 0 aromatic heterocycles. The number of likely N-dealkylation sites (tertiary alicyclic amines) is 1. The van der Waals surface area contributed by atoms with E-state index in [-0.39, 0.29) is 42.8 Å². The van der Waals surface area contributed by atoms with Crippen LogP contribution in [0, 0.1) is 5.92 Å². The molecule has 0 spiro atoms. The first-order chi connectivity index (χ1) is 25.4. The van der Waals surface area contributed by atoms with E-state index in [0.717, 1.165) is 51.1 Å². The largest absolute Gasteiger partial charge is 0.496 e. The lowest BCUT2D eigenvalue weighted by Crippen LogP contribution is -2.52. The number of methoxy groups -OCH3 is 2. The number of hydrogen-bond acceptors (Lipinski definition) is 11. The molecule has 0 bridgehead atoms. The summed E-state index contributed by atoms with van der Waals surface area (Å²) in [4.78, 5) is 19.7. The molecule has 0 radical (unpaired) electrons. The summed E-state index contributed by atoms with van der Waals surface area (Å²) in [6, 6.07) is 27.8. The maximum Gasteiger partial charge on any atom is 0.222 e. The first-order valence-corrected chi connectivity index (χ1v) is 17.7. The van der Waals surface area contributed by atoms with E-state index >= 15 is 0 Å². The molecule has 0 aliphatic carbocycles. The fraction of sp³-hybridized carbons (Fsp3) is 0.425. The van der Waals surface area contributed by atoms with Crippen LogP contribution in [-0.4, -0.2) is 91.6 Å². The van der Waals surface area contributed by atoms with E-state index in [0.29, 0.717) is 52.4 Å². The van der Waals surface area contributed by atoms with Crippen LogP contribution in [0.15, 0.2) is 84.9 Å². The number of piperidine rings is 1. The molecule has 12 heteroatoms. The van der Waals surface area contributed by atoms with Crippen LogP contribution in [0.1, 0.15) is 48.3 Å². The number of carbonyl (C=O) groups is 1. The first-order valence-electron chi connectivity index (χ1n) is 17.7. The average Bonchev–Trinajstić information content (AvgIpc) is 3.17. The molecule has 12 nitrogen and oxygen atoms in total. The van der Waals surface area contributed by atoms with E-state index in [9.17, 15) is 9.90 Å². The van der Waals surface area contributed by atoms with Crippen molar-refractivity contribution in [3.8, 4) is 17.2 Å². The van der Waals surface area contributed by atoms with Gasteiger partial charge in [-0.1, -0.05) is 54.6 Å². The smallest absolute Gasteiger partial charge is 0.222 e. The van der Waals surface area contributed by atoms with Crippen LogP contribution in [0.4, 0.5) is 0 Å². The molecule has 1 amide bonds. The summed E-state index contributed by atoms with van der Waals surface area (Å²) in [5.41, 5.74) is 2.94. The predicted molar refractivity (Wildman–Crippen MR) is 193 cm³/mol. The van der Waals surface area contributed by atoms with Gasteiger partial charge in [0.15, 0.2) is 0 Å². The fourth-order valence-electron chi connectivity index (χ4n) is 6.74. The molecule has 1 saturated heterocycles. The molecule has 1 heterocycles. The lowest BCUT2D eigenvalue weighted by molar-refractivity contribution is -0.492. The molecule has 4 aromatic carbocycles. The Hall–Kier alpha value is -4.27. The van der Waals surface area contributed by atoms with Gasteiger partial charge in [0.05, 0.1) is 58.7 Å². The van der Waals surface area contributed by atoms with Crippen molar-refractivity contribution in [1.29, 1.82) is 0 Å². The summed E-state index contributed by atoms with van der Waals surface area (Å²) in [5.74, 6) is 1.80. The summed E-state index contributed by atoms with van der Waals surface area (Å²) in [5, 5.41) is 29.8. The quantitative estimate of drug-likeness (QED) is 0.0717. The van der Waals surface area contributed by atoms with E-state index in [2.05, 4.69) is 10.9 Å². The van der Waals surface area contributed by atoms with Crippen LogP contribution in [0.2, 0.25) is 0 Å². The van der Waals surface area contributed by atoms with Gasteiger partial charge in [0.25, 0.3) is 0 Å². The number of fused-ring (bicyclic) bond motifs is 1. The minimum Gasteiger partial charge on any atom is -0.496 e. The molecule has 1 fully saturated rings. The number of carbonyl (C=O) groups excluding carboxylic acids is 1. The summed E-state index contributed by atoms with van der Waals surface area (Å²) < 4.78 is 29.6. The maximum absolute atomic E-state index is 13.4. The fourth-order valence-corrected chi connectivity index (χ4v) is 6.74. The van der Waals surface area contributed by atoms with Crippen molar-refractivity contribution in [2.75, 3.05) is 53.7 Å². The molecular formula is C40H50N2O10. The molecule has 3 unspecified atom stereocenters. The number of amides is 1. The number of hydrogen-bond donors (Lipinski definition) is 3. The maximum atomic E-state index is 13.4. The van der Waals surface area contributed by atoms with Crippen molar-refractivity contribution < 1.29 is 48.8 Å². The second-order valence-corrected chi connectivity index (χ2v) is 12.8. The van der Waals surface area contributed by atoms with Gasteiger partial charge in [-0.25, -0.2) is 0 Å². The van der Waals surface area contributed by atoms with E-state index < -0.39 is 6.10 Å². The molecule has 0 saturated carbocycles. The highest BCUT2D eigenvalue weighted by Crippen LogP contribution is 2.37. The first kappa shape index (κ1) is 38.9. The highest BCUT2D eigenvalue weighted by molar-refractivity contribution is 5.89. The third-order valence-electron chi connectivity index (χ3n) is 9.33. The third-order valence-corrected chi connectivity index (χ3v) is 9.33. The normalized spacial score (nSPS) is 17.4. The van der Waals surface area contributed by atoms with E-state index in [1.165, 1.54) is 0 Å². The minimum atomic E-state index is -0.403. The number of aliphatic hydroxyl groups is 1. The van der Waals surface area contributed by atoms with Crippen molar-refractivity contribution in [1.82, 2.24) is 10.3 Å². The Balaban J connectivity index is 1.23. The molecular weight excluding hydrogens is 668 g/mol. The van der Waals surface area contributed by atoms with Gasteiger partial charge in [0, 0.05) is 55.3 Å². The summed E-state index contributed by atoms with van der Waals surface area (Å²) in [6.45, 7) is 2.49. The highest BCUT2D eigenvalue weighted by atomic mass is 17.1. The van der Waals surface area contributed by atoms with Crippen LogP contribution in [0.25, 0.3) is 10.8 Å². The van der Waals surface area contributed by atoms with E-state index in [1.54, 1.807) is 19.1 Å². The molecule has 3 N–H and O–H groups in total. The van der Waals surface area contributed by atoms with Crippen LogP contribution in [-0.2, 0) is 32.3 Å². The van der Waals surface area contributed by atoms with Crippen LogP contribution in [0.3, 0.4) is 0 Å². The number of unbranched alkanes of at least 4 members (excludes halogenated alkanes) is 1. The van der Waals surface area contributed by atoms with E-state index in [4.69, 9.17) is 34.1 Å². The lowest BCUT2D eigenvalue weighted by atomic mass is 9.78. The SMILES string of the molecule is COc1ccccc1COCCCOc1ccc(C2C(CO)CN(C(=O)CCCCON(O)O)CC2OCc2cc(OC)c3ccccc3c2)cc1. The molecule has 1 aliphatic rings. The third kappa shape index (κ3) is 10.9. The molecule has 52 heavy (non-hydrogen) atoms. The average molecular weight is 719 g/mol. The number of nitrogens with zero attached hydrogens (tertiary/aromatic N) is 2. The molecule has 5 rings (SSSR count). The highest BCUT2D eigenvalue weighted by Gasteiger charge is 2.40. The number of benzene rings is 4. The van der Waals surface area contributed by atoms with Crippen molar-refractivity contribution >= 4 is 16.7 Å². The zero-order valence-electron chi connectivity index (χ0n) is 29.9. The van der Waals surface area contributed by atoms with Gasteiger partial charge in [-0.3, -0.25) is 20.0 Å². The van der Waals surface area contributed by atoms with Gasteiger partial charge >= 0.3 is 0 Å². The summed E-state index contributed by atoms with van der Waals surface area (Å²) in [6.07, 6.45) is 1.56. The van der Waals surface area contributed by atoms with Crippen molar-refractivity contribution in [3.63, 3.8) is 0 Å². The van der Waals surface area contributed by atoms with Crippen LogP contribution < -0.4 is 14.2 Å². The minimum absolute atomic E-state index is 0.0571. The molecule has 280 valence electrons. The second kappa shape index (κ2) is 20.1. The van der Waals surface area contributed by atoms with Gasteiger partial charge < -0.3 is 33.7 Å². The summed E-state index contributed by atoms with van der Waals surface area (Å²) >= 11 is 0. The number of aliphatic hydroxyl groups excluding tert-OH is 1. The molecule has 1 aliphatic heterocycles. The van der Waals surface area contributed by atoms with Crippen molar-refractivity contribution in [2.24, 2.45) is 5.92 Å². The standard InChI is InChI=1S/C40H50N2O10/c1-47-36-13-6-4-11-32(36)28-49-19-9-20-50-34-17-15-30(16-18-34)40-33(26-43)24-41(39(44)14-7-8-21-52-42(45)46)25-38(40)51-27-29-22-31-10-3-5-12-35(31)37(23-29)48-2/h3-6,10-13,15-18,22-23,33,38,40,43,45-46H,7-9,14,19-21,24-28H2,1-2H3. The van der Waals surface area contributed by atoms with Gasteiger partial charge in [-0.15, -0.1) is 0 Å². The van der Waals surface area contributed by atoms with E-state index in [1.807, 2.05) is 78.9 Å². The zero-order valence-corrected chi connectivity index (χ0v) is 29.9. The predicted octanol–water partition coefficient (Wildman–Crippen LogP) is 6.14. The zero-order chi connectivity index (χ0) is 36.7. The number of para-hydroxylation sites is 1. The molecule has 3 atom stereocenters.